The highest BCUT2D eigenvalue weighted by Crippen LogP contribution is 2.23. The van der Waals surface area contributed by atoms with Gasteiger partial charge in [0.1, 0.15) is 5.58 Å². The molecule has 2 rings (SSSR count). The Kier molecular flexibility index (Phi) is 4.39. The summed E-state index contributed by atoms with van der Waals surface area (Å²) in [7, 11) is 0. The summed E-state index contributed by atoms with van der Waals surface area (Å²) in [6.45, 7) is 3.15. The fourth-order valence-corrected chi connectivity index (χ4v) is 1.87. The number of fused-ring (bicyclic) bond motifs is 1. The third-order valence-electron chi connectivity index (χ3n) is 2.58. The molecule has 2 aromatic rings. The fourth-order valence-electron chi connectivity index (χ4n) is 1.69. The van der Waals surface area contributed by atoms with Crippen molar-refractivity contribution in [2.75, 3.05) is 13.2 Å². The van der Waals surface area contributed by atoms with Gasteiger partial charge in [0.25, 0.3) is 0 Å². The number of hydrogen-bond acceptors (Lipinski definition) is 3. The zero-order valence-electron chi connectivity index (χ0n) is 10.2. The van der Waals surface area contributed by atoms with Crippen molar-refractivity contribution in [1.29, 1.82) is 0 Å². The molecule has 0 amide bonds. The van der Waals surface area contributed by atoms with Crippen LogP contribution in [0.25, 0.3) is 11.0 Å². The Morgan fingerprint density at radius 1 is 1.33 bits per heavy atom. The van der Waals surface area contributed by atoms with E-state index in [2.05, 4.69) is 0 Å². The van der Waals surface area contributed by atoms with Gasteiger partial charge in [-0.25, -0.2) is 0 Å². The van der Waals surface area contributed by atoms with E-state index < -0.39 is 0 Å². The van der Waals surface area contributed by atoms with E-state index in [4.69, 9.17) is 20.8 Å². The normalized spacial score (nSPS) is 11.0. The van der Waals surface area contributed by atoms with Gasteiger partial charge in [-0.3, -0.25) is 4.79 Å². The first-order chi connectivity index (χ1) is 8.70. The minimum atomic E-state index is -0.0431. The monoisotopic (exact) mass is 266 g/mol. The van der Waals surface area contributed by atoms with Crippen molar-refractivity contribution in [2.24, 2.45) is 0 Å². The second kappa shape index (κ2) is 6.03. The quantitative estimate of drug-likeness (QED) is 0.584. The minimum Gasteiger partial charge on any atom is -0.453 e. The molecule has 0 saturated heterocycles. The van der Waals surface area contributed by atoms with E-state index in [0.29, 0.717) is 36.0 Å². The topological polar surface area (TPSA) is 39.4 Å². The molecule has 0 atom stereocenters. The number of rotatable bonds is 6. The molecular weight excluding hydrogens is 252 g/mol. The van der Waals surface area contributed by atoms with Gasteiger partial charge in [0.15, 0.2) is 11.5 Å². The largest absolute Gasteiger partial charge is 0.453 e. The van der Waals surface area contributed by atoms with Crippen LogP contribution < -0.4 is 0 Å². The first-order valence-electron chi connectivity index (χ1n) is 6.00. The highest BCUT2D eigenvalue weighted by molar-refractivity contribution is 6.31. The van der Waals surface area contributed by atoms with Gasteiger partial charge in [-0.05, 0) is 30.7 Å². The molecular formula is C14H15ClO3. The van der Waals surface area contributed by atoms with Crippen LogP contribution in [-0.2, 0) is 4.74 Å². The molecule has 4 heteroatoms. The molecule has 0 unspecified atom stereocenters. The smallest absolute Gasteiger partial charge is 0.200 e. The van der Waals surface area contributed by atoms with Crippen LogP contribution in [0.2, 0.25) is 5.02 Å². The Labute approximate surface area is 111 Å². The van der Waals surface area contributed by atoms with Gasteiger partial charge >= 0.3 is 0 Å². The van der Waals surface area contributed by atoms with Crippen LogP contribution in [0.1, 0.15) is 30.3 Å². The molecule has 0 bridgehead atoms. The molecule has 18 heavy (non-hydrogen) atoms. The van der Waals surface area contributed by atoms with Crippen LogP contribution in [0, 0.1) is 0 Å². The molecule has 0 spiro atoms. The molecule has 0 fully saturated rings. The number of ether oxygens (including phenoxy) is 1. The van der Waals surface area contributed by atoms with Gasteiger partial charge in [-0.15, -0.1) is 0 Å². The summed E-state index contributed by atoms with van der Waals surface area (Å²) in [6.07, 6.45) is 1.30. The number of ketones is 1. The van der Waals surface area contributed by atoms with E-state index in [-0.39, 0.29) is 5.78 Å². The summed E-state index contributed by atoms with van der Waals surface area (Å²) >= 11 is 5.88. The second-order valence-electron chi connectivity index (χ2n) is 4.08. The van der Waals surface area contributed by atoms with Crippen LogP contribution >= 0.6 is 11.6 Å². The van der Waals surface area contributed by atoms with Crippen molar-refractivity contribution < 1.29 is 13.9 Å². The number of benzene rings is 1. The molecule has 1 heterocycles. The van der Waals surface area contributed by atoms with E-state index in [9.17, 15) is 4.79 Å². The van der Waals surface area contributed by atoms with Gasteiger partial charge in [0, 0.05) is 23.4 Å². The fraction of sp³-hybridized carbons (Fsp3) is 0.357. The Morgan fingerprint density at radius 3 is 2.94 bits per heavy atom. The van der Waals surface area contributed by atoms with Crippen molar-refractivity contribution in [3.05, 3.63) is 35.0 Å². The van der Waals surface area contributed by atoms with Crippen LogP contribution in [0.4, 0.5) is 0 Å². The third-order valence-corrected chi connectivity index (χ3v) is 2.81. The Bertz CT molecular complexity index is 545. The summed E-state index contributed by atoms with van der Waals surface area (Å²) in [5.41, 5.74) is 0.678. The zero-order chi connectivity index (χ0) is 13.0. The highest BCUT2D eigenvalue weighted by atomic mass is 35.5. The maximum absolute atomic E-state index is 11.9. The number of Topliss-reactive ketones (excluding diaryl/α,β-unsaturated/α-hetero) is 1. The SMILES string of the molecule is CCCOCCC(=O)c1cc2cc(Cl)ccc2o1. The van der Waals surface area contributed by atoms with E-state index in [0.717, 1.165) is 11.8 Å². The third kappa shape index (κ3) is 3.12. The second-order valence-corrected chi connectivity index (χ2v) is 4.51. The van der Waals surface area contributed by atoms with Crippen molar-refractivity contribution in [2.45, 2.75) is 19.8 Å². The van der Waals surface area contributed by atoms with Crippen LogP contribution in [0.15, 0.2) is 28.7 Å². The average Bonchev–Trinajstić information content (AvgIpc) is 2.77. The first-order valence-corrected chi connectivity index (χ1v) is 6.38. The van der Waals surface area contributed by atoms with Crippen molar-refractivity contribution in [3.8, 4) is 0 Å². The van der Waals surface area contributed by atoms with Gasteiger partial charge in [-0.1, -0.05) is 18.5 Å². The van der Waals surface area contributed by atoms with E-state index in [1.54, 1.807) is 24.3 Å². The lowest BCUT2D eigenvalue weighted by atomic mass is 10.2. The van der Waals surface area contributed by atoms with E-state index >= 15 is 0 Å². The predicted octanol–water partition coefficient (Wildman–Crippen LogP) is 4.09. The standard InChI is InChI=1S/C14H15ClO3/c1-2-6-17-7-5-12(16)14-9-10-8-11(15)3-4-13(10)18-14/h3-4,8-9H,2,5-7H2,1H3. The first kappa shape index (κ1) is 13.1. The Hall–Kier alpha value is -1.32. The molecule has 0 N–H and O–H groups in total. The number of hydrogen-bond donors (Lipinski definition) is 0. The van der Waals surface area contributed by atoms with Gasteiger partial charge in [-0.2, -0.15) is 0 Å². The molecule has 3 nitrogen and oxygen atoms in total. The Morgan fingerprint density at radius 2 is 2.17 bits per heavy atom. The minimum absolute atomic E-state index is 0.0431. The molecule has 0 saturated carbocycles. The lowest BCUT2D eigenvalue weighted by molar-refractivity contribution is 0.0856. The molecule has 1 aromatic carbocycles. The van der Waals surface area contributed by atoms with Gasteiger partial charge in [0.2, 0.25) is 0 Å². The maximum Gasteiger partial charge on any atom is 0.200 e. The average molecular weight is 267 g/mol. The molecule has 0 aliphatic heterocycles. The molecule has 0 radical (unpaired) electrons. The number of carbonyl (C=O) groups excluding carboxylic acids is 1. The molecule has 0 aliphatic carbocycles. The van der Waals surface area contributed by atoms with Crippen molar-refractivity contribution in [1.82, 2.24) is 0 Å². The van der Waals surface area contributed by atoms with Crippen LogP contribution in [-0.4, -0.2) is 19.0 Å². The Balaban J connectivity index is 2.04. The summed E-state index contributed by atoms with van der Waals surface area (Å²) in [5.74, 6) is 0.325. The van der Waals surface area contributed by atoms with Gasteiger partial charge < -0.3 is 9.15 Å². The molecule has 0 aliphatic rings. The predicted molar refractivity (Wildman–Crippen MR) is 71.3 cm³/mol. The summed E-state index contributed by atoms with van der Waals surface area (Å²) in [4.78, 5) is 11.9. The lowest BCUT2D eigenvalue weighted by Crippen LogP contribution is -2.04. The number of halogens is 1. The maximum atomic E-state index is 11.9. The van der Waals surface area contributed by atoms with E-state index in [1.165, 1.54) is 0 Å². The highest BCUT2D eigenvalue weighted by Gasteiger charge is 2.12. The van der Waals surface area contributed by atoms with Crippen LogP contribution in [0.5, 0.6) is 0 Å². The van der Waals surface area contributed by atoms with Crippen LogP contribution in [0.3, 0.4) is 0 Å². The summed E-state index contributed by atoms with van der Waals surface area (Å²) in [6, 6.07) is 7.02. The number of carbonyl (C=O) groups is 1. The molecule has 96 valence electrons. The van der Waals surface area contributed by atoms with E-state index in [1.807, 2.05) is 6.92 Å². The summed E-state index contributed by atoms with van der Waals surface area (Å²) < 4.78 is 10.8. The number of furan rings is 1. The van der Waals surface area contributed by atoms with Gasteiger partial charge in [0.05, 0.1) is 6.61 Å². The van der Waals surface area contributed by atoms with Crippen molar-refractivity contribution in [3.63, 3.8) is 0 Å². The van der Waals surface area contributed by atoms with Crippen molar-refractivity contribution >= 4 is 28.4 Å². The molecule has 1 aromatic heterocycles. The summed E-state index contributed by atoms with van der Waals surface area (Å²) in [5, 5.41) is 1.48. The lowest BCUT2D eigenvalue weighted by Gasteiger charge is -1.99. The zero-order valence-corrected chi connectivity index (χ0v) is 11.0.